The summed E-state index contributed by atoms with van der Waals surface area (Å²) in [6, 6.07) is 9.69. The predicted molar refractivity (Wildman–Crippen MR) is 93.6 cm³/mol. The first-order valence-corrected chi connectivity index (χ1v) is 8.57. The molecule has 0 saturated heterocycles. The van der Waals surface area contributed by atoms with Crippen LogP contribution >= 0.6 is 0 Å². The maximum absolute atomic E-state index is 12.4. The molecule has 1 heterocycles. The first kappa shape index (κ1) is 17.1. The zero-order valence-corrected chi connectivity index (χ0v) is 14.2. The smallest absolute Gasteiger partial charge is 0.174 e. The van der Waals surface area contributed by atoms with E-state index in [0.717, 1.165) is 24.8 Å². The lowest BCUT2D eigenvalue weighted by molar-refractivity contribution is 0.0844. The van der Waals surface area contributed by atoms with Crippen molar-refractivity contribution in [3.63, 3.8) is 0 Å². The first-order chi connectivity index (χ1) is 12.1. The fourth-order valence-electron chi connectivity index (χ4n) is 2.92. The molecular formula is C20H22O5. The van der Waals surface area contributed by atoms with Crippen molar-refractivity contribution in [3.8, 4) is 23.0 Å². The van der Waals surface area contributed by atoms with Gasteiger partial charge in [0, 0.05) is 12.1 Å². The summed E-state index contributed by atoms with van der Waals surface area (Å²) >= 11 is 0. The van der Waals surface area contributed by atoms with Gasteiger partial charge in [0.1, 0.15) is 34.7 Å². The van der Waals surface area contributed by atoms with Crippen molar-refractivity contribution in [1.82, 2.24) is 0 Å². The highest BCUT2D eigenvalue weighted by Crippen LogP contribution is 2.42. The Morgan fingerprint density at radius 2 is 1.92 bits per heavy atom. The highest BCUT2D eigenvalue weighted by molar-refractivity contribution is 6.02. The third-order valence-electron chi connectivity index (χ3n) is 4.26. The number of Topliss-reactive ketones (excluding diaryl/α,β-unsaturated/α-hetero) is 1. The quantitative estimate of drug-likeness (QED) is 0.762. The number of hydrogen-bond acceptors (Lipinski definition) is 5. The number of carbonyl (C=O) groups excluding carboxylic acids is 1. The van der Waals surface area contributed by atoms with Gasteiger partial charge in [0.25, 0.3) is 0 Å². The predicted octanol–water partition coefficient (Wildman–Crippen LogP) is 4.37. The fourth-order valence-corrected chi connectivity index (χ4v) is 2.92. The van der Waals surface area contributed by atoms with E-state index >= 15 is 0 Å². The van der Waals surface area contributed by atoms with Gasteiger partial charge in [-0.2, -0.15) is 0 Å². The second kappa shape index (κ2) is 7.47. The maximum Gasteiger partial charge on any atom is 0.174 e. The lowest BCUT2D eigenvalue weighted by atomic mass is 9.95. The minimum Gasteiger partial charge on any atom is -0.508 e. The van der Waals surface area contributed by atoms with E-state index in [1.54, 1.807) is 30.3 Å². The number of phenolic OH excluding ortho intramolecular Hbond substituents is 2. The monoisotopic (exact) mass is 342 g/mol. The molecule has 0 aliphatic carbocycles. The van der Waals surface area contributed by atoms with Crippen LogP contribution in [0.25, 0.3) is 0 Å². The zero-order chi connectivity index (χ0) is 17.8. The molecule has 5 heteroatoms. The minimum absolute atomic E-state index is 0.114. The van der Waals surface area contributed by atoms with Gasteiger partial charge in [-0.15, -0.1) is 0 Å². The van der Waals surface area contributed by atoms with Gasteiger partial charge in [-0.05, 0) is 24.1 Å². The Kier molecular flexibility index (Phi) is 5.12. The van der Waals surface area contributed by atoms with Crippen molar-refractivity contribution in [2.75, 3.05) is 6.61 Å². The van der Waals surface area contributed by atoms with Crippen molar-refractivity contribution < 1.29 is 24.5 Å². The summed E-state index contributed by atoms with van der Waals surface area (Å²) in [4.78, 5) is 12.4. The van der Waals surface area contributed by atoms with Crippen molar-refractivity contribution in [2.24, 2.45) is 0 Å². The van der Waals surface area contributed by atoms with Crippen LogP contribution in [0.3, 0.4) is 0 Å². The summed E-state index contributed by atoms with van der Waals surface area (Å²) in [6.07, 6.45) is 2.81. The molecule has 1 unspecified atom stereocenters. The van der Waals surface area contributed by atoms with Crippen LogP contribution in [-0.4, -0.2) is 22.6 Å². The van der Waals surface area contributed by atoms with Crippen molar-refractivity contribution in [1.29, 1.82) is 0 Å². The molecule has 1 aliphatic heterocycles. The lowest BCUT2D eigenvalue weighted by Crippen LogP contribution is -2.20. The number of ketones is 1. The van der Waals surface area contributed by atoms with Gasteiger partial charge in [0.05, 0.1) is 13.0 Å². The van der Waals surface area contributed by atoms with Crippen LogP contribution in [0.15, 0.2) is 36.4 Å². The van der Waals surface area contributed by atoms with Gasteiger partial charge in [0.2, 0.25) is 0 Å². The van der Waals surface area contributed by atoms with Crippen LogP contribution in [-0.2, 0) is 0 Å². The zero-order valence-electron chi connectivity index (χ0n) is 14.2. The minimum atomic E-state index is -0.449. The van der Waals surface area contributed by atoms with Crippen molar-refractivity contribution >= 4 is 5.78 Å². The van der Waals surface area contributed by atoms with Gasteiger partial charge < -0.3 is 19.7 Å². The van der Waals surface area contributed by atoms with E-state index in [-0.39, 0.29) is 29.3 Å². The molecule has 2 aromatic rings. The second-order valence-electron chi connectivity index (χ2n) is 6.20. The third kappa shape index (κ3) is 3.87. The molecule has 25 heavy (non-hydrogen) atoms. The van der Waals surface area contributed by atoms with Gasteiger partial charge in [-0.25, -0.2) is 0 Å². The number of fused-ring (bicyclic) bond motifs is 1. The summed E-state index contributed by atoms with van der Waals surface area (Å²) in [5.74, 6) is 0.699. The molecule has 0 radical (unpaired) electrons. The van der Waals surface area contributed by atoms with Crippen LogP contribution in [0.4, 0.5) is 0 Å². The van der Waals surface area contributed by atoms with E-state index in [1.807, 2.05) is 0 Å². The van der Waals surface area contributed by atoms with Gasteiger partial charge >= 0.3 is 0 Å². The Balaban J connectivity index is 1.81. The molecule has 132 valence electrons. The number of benzene rings is 2. The molecule has 0 bridgehead atoms. The third-order valence-corrected chi connectivity index (χ3v) is 4.26. The second-order valence-corrected chi connectivity index (χ2v) is 6.20. The topological polar surface area (TPSA) is 76.0 Å². The number of carbonyl (C=O) groups is 1. The van der Waals surface area contributed by atoms with Crippen LogP contribution in [0.2, 0.25) is 0 Å². The van der Waals surface area contributed by atoms with E-state index < -0.39 is 6.10 Å². The number of hydrogen-bond donors (Lipinski definition) is 2. The molecule has 0 amide bonds. The van der Waals surface area contributed by atoms with E-state index in [2.05, 4.69) is 6.92 Å². The summed E-state index contributed by atoms with van der Waals surface area (Å²) < 4.78 is 11.6. The van der Waals surface area contributed by atoms with Crippen LogP contribution in [0.1, 0.15) is 54.6 Å². The van der Waals surface area contributed by atoms with E-state index in [9.17, 15) is 15.0 Å². The highest BCUT2D eigenvalue weighted by Gasteiger charge is 2.30. The molecule has 3 rings (SSSR count). The average Bonchev–Trinajstić information content (AvgIpc) is 2.58. The first-order valence-electron chi connectivity index (χ1n) is 8.57. The molecule has 1 aliphatic rings. The number of aromatic hydroxyl groups is 2. The molecule has 5 nitrogen and oxygen atoms in total. The Morgan fingerprint density at radius 3 is 2.64 bits per heavy atom. The van der Waals surface area contributed by atoms with Gasteiger partial charge in [-0.3, -0.25) is 4.79 Å². The Labute approximate surface area is 146 Å². The SMILES string of the molecule is CCCCCOc1cc(O)c2c(c1)OC(c1ccc(O)cc1)CC2=O. The number of unbranched alkanes of at least 4 members (excludes halogenated alkanes) is 2. The van der Waals surface area contributed by atoms with Crippen molar-refractivity contribution in [3.05, 3.63) is 47.5 Å². The molecule has 0 fully saturated rings. The van der Waals surface area contributed by atoms with Crippen molar-refractivity contribution in [2.45, 2.75) is 38.7 Å². The van der Waals surface area contributed by atoms with Crippen LogP contribution in [0.5, 0.6) is 23.0 Å². The summed E-state index contributed by atoms with van der Waals surface area (Å²) in [5.41, 5.74) is 1.00. The molecule has 0 saturated carbocycles. The Morgan fingerprint density at radius 1 is 1.16 bits per heavy atom. The molecular weight excluding hydrogens is 320 g/mol. The van der Waals surface area contributed by atoms with Crippen LogP contribution < -0.4 is 9.47 Å². The lowest BCUT2D eigenvalue weighted by Gasteiger charge is -2.26. The number of phenols is 2. The van der Waals surface area contributed by atoms with Crippen LogP contribution in [0, 0.1) is 0 Å². The van der Waals surface area contributed by atoms with Gasteiger partial charge in [0.15, 0.2) is 5.78 Å². The van der Waals surface area contributed by atoms with E-state index in [1.165, 1.54) is 6.07 Å². The fraction of sp³-hybridized carbons (Fsp3) is 0.350. The van der Waals surface area contributed by atoms with E-state index in [0.29, 0.717) is 18.1 Å². The Hall–Kier alpha value is -2.69. The normalized spacial score (nSPS) is 16.2. The highest BCUT2D eigenvalue weighted by atomic mass is 16.5. The summed E-state index contributed by atoms with van der Waals surface area (Å²) in [6.45, 7) is 2.68. The number of rotatable bonds is 6. The molecule has 0 spiro atoms. The molecule has 2 aromatic carbocycles. The largest absolute Gasteiger partial charge is 0.508 e. The Bertz CT molecular complexity index is 751. The maximum atomic E-state index is 12.4. The average molecular weight is 342 g/mol. The summed E-state index contributed by atoms with van der Waals surface area (Å²) in [7, 11) is 0. The standard InChI is InChI=1S/C20H22O5/c1-2-3-4-9-24-15-10-16(22)20-17(23)12-18(25-19(20)11-15)13-5-7-14(21)8-6-13/h5-8,10-11,18,21-22H,2-4,9,12H2,1H3. The molecule has 2 N–H and O–H groups in total. The summed E-state index contributed by atoms with van der Waals surface area (Å²) in [5, 5.41) is 19.6. The van der Waals surface area contributed by atoms with Gasteiger partial charge in [-0.1, -0.05) is 31.9 Å². The molecule has 0 aromatic heterocycles. The van der Waals surface area contributed by atoms with E-state index in [4.69, 9.17) is 9.47 Å². The number of ether oxygens (including phenoxy) is 2. The molecule has 1 atom stereocenters.